The standard InChI is InChI=1S/C15H17F2N3O4S/c1-10-18-15(24-19-10)9-23-13-2-4-20(5-3-13)25(21,22)14-7-11(16)6-12(17)8-14/h6-8,13H,2-5,9H2,1H3. The van der Waals surface area contributed by atoms with Crippen molar-refractivity contribution in [1.29, 1.82) is 0 Å². The maximum Gasteiger partial charge on any atom is 0.252 e. The number of halogens is 2. The first-order valence-electron chi connectivity index (χ1n) is 7.71. The minimum atomic E-state index is -3.94. The normalized spacial score (nSPS) is 17.1. The lowest BCUT2D eigenvalue weighted by molar-refractivity contribution is -0.00119. The highest BCUT2D eigenvalue weighted by atomic mass is 32.2. The van der Waals surface area contributed by atoms with Gasteiger partial charge in [-0.1, -0.05) is 5.16 Å². The second kappa shape index (κ2) is 7.14. The van der Waals surface area contributed by atoms with Gasteiger partial charge in [0.1, 0.15) is 18.2 Å². The van der Waals surface area contributed by atoms with E-state index < -0.39 is 21.7 Å². The van der Waals surface area contributed by atoms with Crippen LogP contribution in [0.15, 0.2) is 27.6 Å². The molecule has 7 nitrogen and oxygen atoms in total. The van der Waals surface area contributed by atoms with Gasteiger partial charge in [-0.15, -0.1) is 0 Å². The second-order valence-corrected chi connectivity index (χ2v) is 7.69. The molecule has 0 unspecified atom stereocenters. The number of rotatable bonds is 5. The molecule has 0 amide bonds. The summed E-state index contributed by atoms with van der Waals surface area (Å²) in [6, 6.07) is 2.27. The zero-order valence-electron chi connectivity index (χ0n) is 13.5. The molecule has 1 aliphatic heterocycles. The van der Waals surface area contributed by atoms with Gasteiger partial charge in [-0.2, -0.15) is 9.29 Å². The first-order chi connectivity index (χ1) is 11.8. The summed E-state index contributed by atoms with van der Waals surface area (Å²) in [5.41, 5.74) is 0. The first-order valence-corrected chi connectivity index (χ1v) is 9.15. The lowest BCUT2D eigenvalue weighted by Gasteiger charge is -2.30. The lowest BCUT2D eigenvalue weighted by atomic mass is 10.1. The molecule has 0 spiro atoms. The molecule has 10 heteroatoms. The van der Waals surface area contributed by atoms with Crippen LogP contribution in [0.5, 0.6) is 0 Å². The molecule has 1 aromatic heterocycles. The van der Waals surface area contributed by atoms with Gasteiger partial charge in [0.15, 0.2) is 5.82 Å². The Balaban J connectivity index is 1.59. The minimum absolute atomic E-state index is 0.150. The highest BCUT2D eigenvalue weighted by molar-refractivity contribution is 7.89. The number of sulfonamides is 1. The summed E-state index contributed by atoms with van der Waals surface area (Å²) in [7, 11) is -3.94. The quantitative estimate of drug-likeness (QED) is 0.797. The third-order valence-corrected chi connectivity index (χ3v) is 5.76. The zero-order chi connectivity index (χ0) is 18.0. The Kier molecular flexibility index (Phi) is 5.11. The number of piperidine rings is 1. The molecule has 0 N–H and O–H groups in total. The van der Waals surface area contributed by atoms with Crippen LogP contribution in [0, 0.1) is 18.6 Å². The van der Waals surface area contributed by atoms with Crippen molar-refractivity contribution < 1.29 is 26.5 Å². The van der Waals surface area contributed by atoms with Crippen LogP contribution in [0.3, 0.4) is 0 Å². The van der Waals surface area contributed by atoms with E-state index in [1.807, 2.05) is 0 Å². The van der Waals surface area contributed by atoms with Crippen molar-refractivity contribution in [1.82, 2.24) is 14.4 Å². The average molecular weight is 373 g/mol. The Morgan fingerprint density at radius 1 is 1.24 bits per heavy atom. The van der Waals surface area contributed by atoms with Crippen molar-refractivity contribution in [3.63, 3.8) is 0 Å². The van der Waals surface area contributed by atoms with Gasteiger partial charge in [0.25, 0.3) is 5.89 Å². The summed E-state index contributed by atoms with van der Waals surface area (Å²) < 4.78 is 63.4. The van der Waals surface area contributed by atoms with Gasteiger partial charge in [-0.25, -0.2) is 17.2 Å². The van der Waals surface area contributed by atoms with Gasteiger partial charge in [-0.05, 0) is 31.9 Å². The fraction of sp³-hybridized carbons (Fsp3) is 0.467. The maximum absolute atomic E-state index is 13.3. The van der Waals surface area contributed by atoms with E-state index in [0.717, 1.165) is 12.1 Å². The van der Waals surface area contributed by atoms with Crippen molar-refractivity contribution in [3.8, 4) is 0 Å². The van der Waals surface area contributed by atoms with E-state index in [1.165, 1.54) is 4.31 Å². The predicted octanol–water partition coefficient (Wildman–Crippen LogP) is 2.03. The van der Waals surface area contributed by atoms with Crippen LogP contribution in [0.4, 0.5) is 8.78 Å². The SMILES string of the molecule is Cc1noc(COC2CCN(S(=O)(=O)c3cc(F)cc(F)c3)CC2)n1. The Bertz CT molecular complexity index is 828. The number of ether oxygens (including phenoxy) is 1. The van der Waals surface area contributed by atoms with E-state index in [9.17, 15) is 17.2 Å². The summed E-state index contributed by atoms with van der Waals surface area (Å²) in [6.45, 7) is 2.26. The highest BCUT2D eigenvalue weighted by Gasteiger charge is 2.30. The van der Waals surface area contributed by atoms with E-state index >= 15 is 0 Å². The van der Waals surface area contributed by atoms with Gasteiger partial charge >= 0.3 is 0 Å². The maximum atomic E-state index is 13.3. The monoisotopic (exact) mass is 373 g/mol. The Hall–Kier alpha value is -1.91. The van der Waals surface area contributed by atoms with Crippen molar-refractivity contribution in [2.45, 2.75) is 37.4 Å². The van der Waals surface area contributed by atoms with Gasteiger partial charge in [-0.3, -0.25) is 0 Å². The van der Waals surface area contributed by atoms with Crippen LogP contribution in [0.1, 0.15) is 24.6 Å². The van der Waals surface area contributed by atoms with E-state index in [1.54, 1.807) is 6.92 Å². The number of aryl methyl sites for hydroxylation is 1. The largest absolute Gasteiger partial charge is 0.368 e. The summed E-state index contributed by atoms with van der Waals surface area (Å²) in [6.07, 6.45) is 0.775. The van der Waals surface area contributed by atoms with E-state index in [2.05, 4.69) is 10.1 Å². The van der Waals surface area contributed by atoms with Gasteiger partial charge in [0, 0.05) is 19.2 Å². The van der Waals surface area contributed by atoms with Crippen LogP contribution in [0.25, 0.3) is 0 Å². The average Bonchev–Trinajstić information content (AvgIpc) is 2.98. The summed E-state index contributed by atoms with van der Waals surface area (Å²) in [5.74, 6) is -0.970. The highest BCUT2D eigenvalue weighted by Crippen LogP contribution is 2.23. The molecule has 2 aromatic rings. The fourth-order valence-electron chi connectivity index (χ4n) is 2.65. The molecule has 1 fully saturated rings. The summed E-state index contributed by atoms with van der Waals surface area (Å²) in [4.78, 5) is 3.64. The van der Waals surface area contributed by atoms with Crippen LogP contribution < -0.4 is 0 Å². The molecule has 0 bridgehead atoms. The van der Waals surface area contributed by atoms with Crippen molar-refractivity contribution >= 4 is 10.0 Å². The van der Waals surface area contributed by atoms with Crippen LogP contribution in [-0.2, 0) is 21.4 Å². The Morgan fingerprint density at radius 2 is 1.88 bits per heavy atom. The topological polar surface area (TPSA) is 85.5 Å². The minimum Gasteiger partial charge on any atom is -0.368 e. The Morgan fingerprint density at radius 3 is 2.44 bits per heavy atom. The molecule has 1 aliphatic rings. The molecule has 136 valence electrons. The predicted molar refractivity (Wildman–Crippen MR) is 82.0 cm³/mol. The number of hydrogen-bond donors (Lipinski definition) is 0. The molecule has 25 heavy (non-hydrogen) atoms. The van der Waals surface area contributed by atoms with Crippen molar-refractivity contribution in [2.75, 3.05) is 13.1 Å². The van der Waals surface area contributed by atoms with Gasteiger partial charge in [0.2, 0.25) is 10.0 Å². The number of benzene rings is 1. The molecule has 1 aromatic carbocycles. The van der Waals surface area contributed by atoms with Gasteiger partial charge in [0.05, 0.1) is 11.0 Å². The lowest BCUT2D eigenvalue weighted by Crippen LogP contribution is -2.40. The molecular formula is C15H17F2N3O4S. The van der Waals surface area contributed by atoms with Gasteiger partial charge < -0.3 is 9.26 Å². The fourth-order valence-corrected chi connectivity index (χ4v) is 4.17. The summed E-state index contributed by atoms with van der Waals surface area (Å²) in [5, 5.41) is 3.66. The molecule has 0 saturated carbocycles. The number of aromatic nitrogens is 2. The zero-order valence-corrected chi connectivity index (χ0v) is 14.3. The van der Waals surface area contributed by atoms with Crippen LogP contribution in [-0.4, -0.2) is 42.1 Å². The van der Waals surface area contributed by atoms with Crippen molar-refractivity contribution in [3.05, 3.63) is 41.5 Å². The van der Waals surface area contributed by atoms with E-state index in [-0.39, 0.29) is 30.7 Å². The molecule has 0 aliphatic carbocycles. The van der Waals surface area contributed by atoms with E-state index in [0.29, 0.717) is 30.6 Å². The first kappa shape index (κ1) is 17.9. The number of hydrogen-bond acceptors (Lipinski definition) is 6. The Labute approximate surface area is 143 Å². The number of nitrogens with zero attached hydrogens (tertiary/aromatic N) is 3. The smallest absolute Gasteiger partial charge is 0.252 e. The summed E-state index contributed by atoms with van der Waals surface area (Å²) >= 11 is 0. The van der Waals surface area contributed by atoms with Crippen LogP contribution >= 0.6 is 0 Å². The molecule has 2 heterocycles. The molecular weight excluding hydrogens is 356 g/mol. The van der Waals surface area contributed by atoms with Crippen molar-refractivity contribution in [2.24, 2.45) is 0 Å². The van der Waals surface area contributed by atoms with Crippen LogP contribution in [0.2, 0.25) is 0 Å². The molecule has 3 rings (SSSR count). The molecule has 0 radical (unpaired) electrons. The van der Waals surface area contributed by atoms with E-state index in [4.69, 9.17) is 9.26 Å². The third-order valence-electron chi connectivity index (χ3n) is 3.89. The third kappa shape index (κ3) is 4.20. The second-order valence-electron chi connectivity index (χ2n) is 5.75. The molecule has 0 atom stereocenters. The molecule has 1 saturated heterocycles.